The number of non-ortho nitro benzene ring substituents is 1. The number of benzene rings is 1. The number of carbonyl (C=O) groups is 2. The first-order chi connectivity index (χ1) is 13.0. The SMILES string of the molecule is CCOC(=O)N1CCC[C@H](C(=O)Nc2ccc3cc([N+](=O)[O-])ccc3n2)C1. The van der Waals surface area contributed by atoms with Gasteiger partial charge in [0.25, 0.3) is 5.69 Å². The van der Waals surface area contributed by atoms with E-state index in [0.29, 0.717) is 42.8 Å². The lowest BCUT2D eigenvalue weighted by molar-refractivity contribution is -0.384. The molecule has 9 nitrogen and oxygen atoms in total. The number of nitro groups is 1. The van der Waals surface area contributed by atoms with Crippen LogP contribution in [0, 0.1) is 16.0 Å². The van der Waals surface area contributed by atoms with Crippen LogP contribution in [0.2, 0.25) is 0 Å². The summed E-state index contributed by atoms with van der Waals surface area (Å²) in [6, 6.07) is 7.64. The molecule has 0 aliphatic carbocycles. The fourth-order valence-corrected chi connectivity index (χ4v) is 3.10. The monoisotopic (exact) mass is 372 g/mol. The number of pyridine rings is 1. The lowest BCUT2D eigenvalue weighted by Gasteiger charge is -2.31. The minimum absolute atomic E-state index is 0.0117. The smallest absolute Gasteiger partial charge is 0.409 e. The van der Waals surface area contributed by atoms with Crippen LogP contribution in [0.25, 0.3) is 10.9 Å². The maximum Gasteiger partial charge on any atom is 0.409 e. The molecule has 1 N–H and O–H groups in total. The molecular weight excluding hydrogens is 352 g/mol. The van der Waals surface area contributed by atoms with Crippen molar-refractivity contribution < 1.29 is 19.2 Å². The zero-order valence-corrected chi connectivity index (χ0v) is 14.9. The number of aromatic nitrogens is 1. The number of piperidine rings is 1. The number of anilines is 1. The van der Waals surface area contributed by atoms with Crippen LogP contribution in [-0.4, -0.2) is 46.5 Å². The third-order valence-corrected chi connectivity index (χ3v) is 4.45. The average molecular weight is 372 g/mol. The number of hydrogen-bond acceptors (Lipinski definition) is 6. The van der Waals surface area contributed by atoms with Crippen LogP contribution in [-0.2, 0) is 9.53 Å². The van der Waals surface area contributed by atoms with Crippen LogP contribution in [0.5, 0.6) is 0 Å². The third kappa shape index (κ3) is 4.30. The summed E-state index contributed by atoms with van der Waals surface area (Å²) in [7, 11) is 0. The Labute approximate surface area is 155 Å². The summed E-state index contributed by atoms with van der Waals surface area (Å²) >= 11 is 0. The summed E-state index contributed by atoms with van der Waals surface area (Å²) in [6.07, 6.45) is 1.01. The molecule has 1 atom stereocenters. The highest BCUT2D eigenvalue weighted by molar-refractivity contribution is 5.93. The van der Waals surface area contributed by atoms with E-state index in [1.165, 1.54) is 12.1 Å². The molecule has 0 spiro atoms. The summed E-state index contributed by atoms with van der Waals surface area (Å²) in [5, 5.41) is 14.2. The van der Waals surface area contributed by atoms with Crippen molar-refractivity contribution in [2.24, 2.45) is 5.92 Å². The van der Waals surface area contributed by atoms with Crippen LogP contribution in [0.3, 0.4) is 0 Å². The van der Waals surface area contributed by atoms with Gasteiger partial charge in [0.05, 0.1) is 23.0 Å². The largest absolute Gasteiger partial charge is 0.450 e. The number of amides is 2. The van der Waals surface area contributed by atoms with Crippen LogP contribution >= 0.6 is 0 Å². The molecule has 9 heteroatoms. The molecule has 142 valence electrons. The Hall–Kier alpha value is -3.23. The van der Waals surface area contributed by atoms with E-state index in [-0.39, 0.29) is 17.5 Å². The van der Waals surface area contributed by atoms with Crippen molar-refractivity contribution in [3.05, 3.63) is 40.4 Å². The minimum atomic E-state index is -0.465. The summed E-state index contributed by atoms with van der Waals surface area (Å²) in [5.74, 6) is -0.176. The first-order valence-corrected chi connectivity index (χ1v) is 8.75. The highest BCUT2D eigenvalue weighted by Crippen LogP contribution is 2.23. The van der Waals surface area contributed by atoms with Crippen LogP contribution in [0.4, 0.5) is 16.3 Å². The van der Waals surface area contributed by atoms with Gasteiger partial charge in [0.15, 0.2) is 0 Å². The Morgan fingerprint density at radius 2 is 2.19 bits per heavy atom. The van der Waals surface area contributed by atoms with E-state index in [4.69, 9.17) is 4.74 Å². The van der Waals surface area contributed by atoms with Crippen molar-refractivity contribution >= 4 is 34.4 Å². The van der Waals surface area contributed by atoms with Gasteiger partial charge in [-0.3, -0.25) is 14.9 Å². The Morgan fingerprint density at radius 1 is 1.37 bits per heavy atom. The second kappa shape index (κ2) is 7.98. The zero-order valence-electron chi connectivity index (χ0n) is 14.9. The van der Waals surface area contributed by atoms with Gasteiger partial charge in [-0.15, -0.1) is 0 Å². The van der Waals surface area contributed by atoms with E-state index in [1.807, 2.05) is 0 Å². The van der Waals surface area contributed by atoms with Gasteiger partial charge in [-0.05, 0) is 38.0 Å². The molecule has 2 aromatic rings. The lowest BCUT2D eigenvalue weighted by Crippen LogP contribution is -2.44. The fraction of sp³-hybridized carbons (Fsp3) is 0.389. The van der Waals surface area contributed by atoms with E-state index in [2.05, 4.69) is 10.3 Å². The van der Waals surface area contributed by atoms with Gasteiger partial charge in [0, 0.05) is 30.6 Å². The molecule has 2 heterocycles. The van der Waals surface area contributed by atoms with Gasteiger partial charge in [-0.2, -0.15) is 0 Å². The normalized spacial score (nSPS) is 16.8. The molecular formula is C18H20N4O5. The first kappa shape index (κ1) is 18.6. The van der Waals surface area contributed by atoms with Crippen LogP contribution in [0.1, 0.15) is 19.8 Å². The number of fused-ring (bicyclic) bond motifs is 1. The van der Waals surface area contributed by atoms with Crippen molar-refractivity contribution in [1.29, 1.82) is 0 Å². The number of nitrogens with one attached hydrogen (secondary N) is 1. The standard InChI is InChI=1S/C18H20N4O5/c1-2-27-18(24)21-9-3-4-13(11-21)17(23)20-16-8-5-12-10-14(22(25)26)6-7-15(12)19-16/h5-8,10,13H,2-4,9,11H2,1H3,(H,19,20,23)/t13-/m0/s1. The van der Waals surface area contributed by atoms with Crippen molar-refractivity contribution in [2.45, 2.75) is 19.8 Å². The molecule has 0 radical (unpaired) electrons. The van der Waals surface area contributed by atoms with E-state index in [9.17, 15) is 19.7 Å². The van der Waals surface area contributed by atoms with Gasteiger partial charge in [-0.1, -0.05) is 0 Å². The number of rotatable bonds is 4. The van der Waals surface area contributed by atoms with Crippen molar-refractivity contribution in [3.63, 3.8) is 0 Å². The predicted molar refractivity (Wildman–Crippen MR) is 98.3 cm³/mol. The Balaban J connectivity index is 1.69. The van der Waals surface area contributed by atoms with Crippen molar-refractivity contribution in [2.75, 3.05) is 25.0 Å². The molecule has 1 aromatic heterocycles. The van der Waals surface area contributed by atoms with Gasteiger partial charge in [0.1, 0.15) is 5.82 Å². The molecule has 0 saturated carbocycles. The average Bonchev–Trinajstić information content (AvgIpc) is 2.67. The molecule has 1 saturated heterocycles. The van der Waals surface area contributed by atoms with Gasteiger partial charge in [0.2, 0.25) is 5.91 Å². The first-order valence-electron chi connectivity index (χ1n) is 8.75. The summed E-state index contributed by atoms with van der Waals surface area (Å²) in [6.45, 7) is 2.93. The quantitative estimate of drug-likeness (QED) is 0.652. The van der Waals surface area contributed by atoms with Crippen molar-refractivity contribution in [1.82, 2.24) is 9.88 Å². The minimum Gasteiger partial charge on any atom is -0.450 e. The summed E-state index contributed by atoms with van der Waals surface area (Å²) in [4.78, 5) is 40.7. The molecule has 1 aliphatic heterocycles. The zero-order chi connectivity index (χ0) is 19.4. The fourth-order valence-electron chi connectivity index (χ4n) is 3.10. The highest BCUT2D eigenvalue weighted by Gasteiger charge is 2.29. The second-order valence-electron chi connectivity index (χ2n) is 6.30. The molecule has 0 unspecified atom stereocenters. The highest BCUT2D eigenvalue weighted by atomic mass is 16.6. The van der Waals surface area contributed by atoms with E-state index >= 15 is 0 Å². The molecule has 1 aliphatic rings. The summed E-state index contributed by atoms with van der Waals surface area (Å²) in [5.41, 5.74) is 0.539. The van der Waals surface area contributed by atoms with Gasteiger partial charge >= 0.3 is 6.09 Å². The molecule has 0 bridgehead atoms. The Bertz CT molecular complexity index is 885. The molecule has 27 heavy (non-hydrogen) atoms. The third-order valence-electron chi connectivity index (χ3n) is 4.45. The van der Waals surface area contributed by atoms with Crippen LogP contribution < -0.4 is 5.32 Å². The number of likely N-dealkylation sites (tertiary alicyclic amines) is 1. The number of ether oxygens (including phenoxy) is 1. The van der Waals surface area contributed by atoms with Gasteiger partial charge in [-0.25, -0.2) is 9.78 Å². The lowest BCUT2D eigenvalue weighted by atomic mass is 9.97. The molecule has 2 amide bonds. The number of nitrogens with zero attached hydrogens (tertiary/aromatic N) is 3. The Kier molecular flexibility index (Phi) is 5.49. The Morgan fingerprint density at radius 3 is 2.93 bits per heavy atom. The molecule has 1 fully saturated rings. The topological polar surface area (TPSA) is 115 Å². The second-order valence-corrected chi connectivity index (χ2v) is 6.30. The maximum absolute atomic E-state index is 12.6. The maximum atomic E-state index is 12.6. The van der Waals surface area contributed by atoms with Crippen molar-refractivity contribution in [3.8, 4) is 0 Å². The van der Waals surface area contributed by atoms with E-state index < -0.39 is 11.0 Å². The molecule has 1 aromatic carbocycles. The van der Waals surface area contributed by atoms with Crippen LogP contribution in [0.15, 0.2) is 30.3 Å². The number of nitro benzene ring substituents is 1. The summed E-state index contributed by atoms with van der Waals surface area (Å²) < 4.78 is 5.00. The number of carbonyl (C=O) groups excluding carboxylic acids is 2. The predicted octanol–water partition coefficient (Wildman–Crippen LogP) is 2.95. The molecule has 3 rings (SSSR count). The van der Waals surface area contributed by atoms with Gasteiger partial charge < -0.3 is 15.0 Å². The van der Waals surface area contributed by atoms with E-state index in [1.54, 1.807) is 30.0 Å². The van der Waals surface area contributed by atoms with E-state index in [0.717, 1.165) is 6.42 Å². The number of hydrogen-bond donors (Lipinski definition) is 1.